The van der Waals surface area contributed by atoms with Crippen LogP contribution in [0.15, 0.2) is 35.2 Å². The second-order valence-corrected chi connectivity index (χ2v) is 4.49. The average Bonchev–Trinajstić information content (AvgIpc) is 2.82. The van der Waals surface area contributed by atoms with Gasteiger partial charge < -0.3 is 9.73 Å². The molecule has 2 heterocycles. The number of likely N-dealkylation sites (N-methyl/N-ethyl adjacent to an activating group) is 1. The van der Waals surface area contributed by atoms with E-state index in [1.54, 1.807) is 12.5 Å². The number of nitrogens with zero attached hydrogens (tertiary/aromatic N) is 3. The zero-order valence-electron chi connectivity index (χ0n) is 10.3. The van der Waals surface area contributed by atoms with E-state index in [0.29, 0.717) is 17.5 Å². The fraction of sp³-hybridized carbons (Fsp3) is 0.333. The van der Waals surface area contributed by atoms with Gasteiger partial charge in [-0.05, 0) is 26.2 Å². The van der Waals surface area contributed by atoms with Crippen molar-refractivity contribution in [3.8, 4) is 0 Å². The van der Waals surface area contributed by atoms with Gasteiger partial charge in [-0.15, -0.1) is 0 Å². The van der Waals surface area contributed by atoms with Gasteiger partial charge in [-0.25, -0.2) is 4.98 Å². The number of anilines is 1. The number of furan rings is 1. The number of hydrogen-bond donors (Lipinski definition) is 1. The smallest absolute Gasteiger partial charge is 0.149 e. The van der Waals surface area contributed by atoms with Crippen LogP contribution in [0.1, 0.15) is 11.8 Å². The summed E-state index contributed by atoms with van der Waals surface area (Å²) in [4.78, 5) is 10.2. The van der Waals surface area contributed by atoms with Crippen molar-refractivity contribution in [1.29, 1.82) is 0 Å². The van der Waals surface area contributed by atoms with E-state index in [1.165, 1.54) is 6.20 Å². The third kappa shape index (κ3) is 3.21. The van der Waals surface area contributed by atoms with Crippen LogP contribution in [0.25, 0.3) is 0 Å². The maximum atomic E-state index is 5.78. The summed E-state index contributed by atoms with van der Waals surface area (Å²) in [5.41, 5.74) is 0. The van der Waals surface area contributed by atoms with Crippen LogP contribution in [0.3, 0.4) is 0 Å². The van der Waals surface area contributed by atoms with Crippen LogP contribution in [0, 0.1) is 0 Å². The molecule has 0 aliphatic heterocycles. The lowest BCUT2D eigenvalue weighted by molar-refractivity contribution is 0.269. The van der Waals surface area contributed by atoms with Gasteiger partial charge in [0.2, 0.25) is 0 Å². The quantitative estimate of drug-likeness (QED) is 0.901. The van der Waals surface area contributed by atoms with E-state index in [-0.39, 0.29) is 6.04 Å². The Balaban J connectivity index is 2.03. The van der Waals surface area contributed by atoms with Gasteiger partial charge in [0.05, 0.1) is 24.7 Å². The molecule has 2 aromatic heterocycles. The van der Waals surface area contributed by atoms with Crippen LogP contribution in [-0.2, 0) is 0 Å². The molecule has 0 aliphatic rings. The first-order valence-corrected chi connectivity index (χ1v) is 5.96. The standard InChI is InChI=1S/C12H15ClN4O/c1-17(2)9(10-4-3-5-18-10)6-15-12-8-14-7-11(13)16-12/h3-5,7-9H,6H2,1-2H3,(H,15,16)/t9-/m1/s1. The van der Waals surface area contributed by atoms with Crippen molar-refractivity contribution in [2.75, 3.05) is 26.0 Å². The Bertz CT molecular complexity index is 487. The first kappa shape index (κ1) is 12.9. The summed E-state index contributed by atoms with van der Waals surface area (Å²) in [5.74, 6) is 1.56. The highest BCUT2D eigenvalue weighted by Crippen LogP contribution is 2.19. The molecule has 1 atom stereocenters. The molecule has 0 unspecified atom stereocenters. The van der Waals surface area contributed by atoms with Gasteiger partial charge >= 0.3 is 0 Å². The summed E-state index contributed by atoms with van der Waals surface area (Å²) in [5, 5.41) is 3.57. The van der Waals surface area contributed by atoms with Crippen molar-refractivity contribution in [1.82, 2.24) is 14.9 Å². The summed E-state index contributed by atoms with van der Waals surface area (Å²) in [7, 11) is 4.00. The third-order valence-corrected chi connectivity index (χ3v) is 2.76. The van der Waals surface area contributed by atoms with E-state index in [0.717, 1.165) is 5.76 Å². The van der Waals surface area contributed by atoms with Gasteiger partial charge in [0.15, 0.2) is 0 Å². The van der Waals surface area contributed by atoms with Crippen LogP contribution in [-0.4, -0.2) is 35.5 Å². The van der Waals surface area contributed by atoms with E-state index < -0.39 is 0 Å². The molecule has 1 N–H and O–H groups in total. The number of aromatic nitrogens is 2. The molecule has 6 heteroatoms. The molecule has 18 heavy (non-hydrogen) atoms. The van der Waals surface area contributed by atoms with Gasteiger partial charge in [0, 0.05) is 6.54 Å². The Morgan fingerprint density at radius 1 is 1.44 bits per heavy atom. The van der Waals surface area contributed by atoms with Crippen LogP contribution in [0.2, 0.25) is 5.15 Å². The number of rotatable bonds is 5. The number of nitrogens with one attached hydrogen (secondary N) is 1. The molecule has 0 amide bonds. The lowest BCUT2D eigenvalue weighted by Gasteiger charge is -2.22. The molecule has 0 bridgehead atoms. The molecule has 5 nitrogen and oxygen atoms in total. The molecule has 0 spiro atoms. The second-order valence-electron chi connectivity index (χ2n) is 4.10. The first-order valence-electron chi connectivity index (χ1n) is 5.58. The summed E-state index contributed by atoms with van der Waals surface area (Å²) < 4.78 is 5.43. The lowest BCUT2D eigenvalue weighted by Crippen LogP contribution is -2.26. The predicted molar refractivity (Wildman–Crippen MR) is 70.7 cm³/mol. The van der Waals surface area contributed by atoms with Gasteiger partial charge in [-0.1, -0.05) is 11.6 Å². The van der Waals surface area contributed by atoms with Gasteiger partial charge in [0.25, 0.3) is 0 Å². The summed E-state index contributed by atoms with van der Waals surface area (Å²) in [6, 6.07) is 3.96. The van der Waals surface area contributed by atoms with Crippen LogP contribution in [0.5, 0.6) is 0 Å². The normalized spacial score (nSPS) is 12.7. The van der Waals surface area contributed by atoms with Gasteiger partial charge in [0.1, 0.15) is 16.7 Å². The third-order valence-electron chi connectivity index (χ3n) is 2.58. The van der Waals surface area contributed by atoms with Gasteiger partial charge in [-0.3, -0.25) is 9.88 Å². The van der Waals surface area contributed by atoms with Crippen LogP contribution >= 0.6 is 11.6 Å². The van der Waals surface area contributed by atoms with Crippen molar-refractivity contribution in [2.24, 2.45) is 0 Å². The van der Waals surface area contributed by atoms with Crippen molar-refractivity contribution in [3.63, 3.8) is 0 Å². The highest BCUT2D eigenvalue weighted by Gasteiger charge is 2.16. The average molecular weight is 267 g/mol. The molecule has 96 valence electrons. The van der Waals surface area contributed by atoms with E-state index in [2.05, 4.69) is 20.2 Å². The van der Waals surface area contributed by atoms with Crippen LogP contribution in [0.4, 0.5) is 5.82 Å². The molecule has 0 saturated heterocycles. The summed E-state index contributed by atoms with van der Waals surface area (Å²) in [6.45, 7) is 0.662. The maximum Gasteiger partial charge on any atom is 0.149 e. The number of halogens is 1. The fourth-order valence-electron chi connectivity index (χ4n) is 1.65. The van der Waals surface area contributed by atoms with E-state index in [4.69, 9.17) is 16.0 Å². The van der Waals surface area contributed by atoms with E-state index in [9.17, 15) is 0 Å². The molecule has 2 rings (SSSR count). The molecule has 0 fully saturated rings. The van der Waals surface area contributed by atoms with Gasteiger partial charge in [-0.2, -0.15) is 0 Å². The minimum atomic E-state index is 0.126. The van der Waals surface area contributed by atoms with E-state index in [1.807, 2.05) is 26.2 Å². The molecule has 2 aromatic rings. The topological polar surface area (TPSA) is 54.2 Å². The lowest BCUT2D eigenvalue weighted by atomic mass is 10.2. The first-order chi connectivity index (χ1) is 8.66. The Hall–Kier alpha value is -1.59. The molecular formula is C12H15ClN4O. The predicted octanol–water partition coefficient (Wildman–Crippen LogP) is 2.44. The van der Waals surface area contributed by atoms with Crippen molar-refractivity contribution in [3.05, 3.63) is 41.7 Å². The van der Waals surface area contributed by atoms with Crippen LogP contribution < -0.4 is 5.32 Å². The number of hydrogen-bond acceptors (Lipinski definition) is 5. The molecule has 0 aromatic carbocycles. The highest BCUT2D eigenvalue weighted by molar-refractivity contribution is 6.29. The van der Waals surface area contributed by atoms with Crippen molar-refractivity contribution in [2.45, 2.75) is 6.04 Å². The zero-order valence-corrected chi connectivity index (χ0v) is 11.1. The molecule has 0 saturated carbocycles. The van der Waals surface area contributed by atoms with Crippen molar-refractivity contribution < 1.29 is 4.42 Å². The zero-order chi connectivity index (χ0) is 13.0. The second kappa shape index (κ2) is 5.84. The van der Waals surface area contributed by atoms with Crippen molar-refractivity contribution >= 4 is 17.4 Å². The maximum absolute atomic E-state index is 5.78. The summed E-state index contributed by atoms with van der Waals surface area (Å²) in [6.07, 6.45) is 4.81. The molecule has 0 radical (unpaired) electrons. The SMILES string of the molecule is CN(C)[C@H](CNc1cncc(Cl)n1)c1ccco1. The monoisotopic (exact) mass is 266 g/mol. The Morgan fingerprint density at radius 2 is 2.28 bits per heavy atom. The minimum Gasteiger partial charge on any atom is -0.468 e. The highest BCUT2D eigenvalue weighted by atomic mass is 35.5. The van der Waals surface area contributed by atoms with E-state index >= 15 is 0 Å². The minimum absolute atomic E-state index is 0.126. The largest absolute Gasteiger partial charge is 0.468 e. The Kier molecular flexibility index (Phi) is 4.17. The molecule has 0 aliphatic carbocycles. The Labute approximate surface area is 111 Å². The fourth-order valence-corrected chi connectivity index (χ4v) is 1.79. The summed E-state index contributed by atoms with van der Waals surface area (Å²) >= 11 is 5.78. The molecular weight excluding hydrogens is 252 g/mol. The Morgan fingerprint density at radius 3 is 2.89 bits per heavy atom.